The summed E-state index contributed by atoms with van der Waals surface area (Å²) in [5, 5.41) is 10.3. The highest BCUT2D eigenvalue weighted by Gasteiger charge is 2.21. The second-order valence-corrected chi connectivity index (χ2v) is 11.9. The lowest BCUT2D eigenvalue weighted by atomic mass is 9.93. The van der Waals surface area contributed by atoms with Gasteiger partial charge in [0, 0.05) is 32.3 Å². The average Bonchev–Trinajstić information content (AvgIpc) is 3.79. The van der Waals surface area contributed by atoms with Crippen LogP contribution in [0.4, 0.5) is 0 Å². The summed E-state index contributed by atoms with van der Waals surface area (Å²) < 4.78 is 15.2. The Morgan fingerprint density at radius 3 is 1.98 bits per heavy atom. The third-order valence-corrected chi connectivity index (χ3v) is 9.55. The zero-order valence-corrected chi connectivity index (χ0v) is 23.9. The van der Waals surface area contributed by atoms with Crippen LogP contribution < -0.4 is 0 Å². The molecule has 7 aromatic carbocycles. The maximum Gasteiger partial charge on any atom is 0.146 e. The van der Waals surface area contributed by atoms with Crippen LogP contribution in [0, 0.1) is 0 Å². The Hall–Kier alpha value is -6.13. The minimum Gasteiger partial charge on any atom is -0.456 e. The third-order valence-electron chi connectivity index (χ3n) is 9.55. The van der Waals surface area contributed by atoms with Gasteiger partial charge in [0.25, 0.3) is 0 Å². The van der Waals surface area contributed by atoms with E-state index in [0.29, 0.717) is 0 Å². The highest BCUT2D eigenvalue weighted by Crippen LogP contribution is 2.45. The number of hydrogen-bond acceptors (Lipinski definition) is 3. The third kappa shape index (κ3) is 2.98. The number of imidazole rings is 1. The van der Waals surface area contributed by atoms with Gasteiger partial charge >= 0.3 is 0 Å². The van der Waals surface area contributed by atoms with Crippen molar-refractivity contribution in [2.24, 2.45) is 0 Å². The molecule has 4 nitrogen and oxygen atoms in total. The van der Waals surface area contributed by atoms with Gasteiger partial charge in [0.05, 0.1) is 16.6 Å². The molecule has 0 unspecified atom stereocenters. The zero-order valence-electron chi connectivity index (χ0n) is 23.9. The molecule has 0 N–H and O–H groups in total. The van der Waals surface area contributed by atoms with Crippen LogP contribution in [-0.2, 0) is 0 Å². The van der Waals surface area contributed by atoms with Crippen molar-refractivity contribution in [3.63, 3.8) is 0 Å². The van der Waals surface area contributed by atoms with E-state index in [0.717, 1.165) is 82.6 Å². The van der Waals surface area contributed by atoms with Gasteiger partial charge in [0.2, 0.25) is 0 Å². The van der Waals surface area contributed by atoms with Crippen LogP contribution in [0.2, 0.25) is 0 Å². The van der Waals surface area contributed by atoms with Gasteiger partial charge in [-0.3, -0.25) is 4.40 Å². The van der Waals surface area contributed by atoms with Crippen molar-refractivity contribution in [1.82, 2.24) is 9.38 Å². The molecular formula is C41H22N2O2. The molecule has 4 aromatic heterocycles. The van der Waals surface area contributed by atoms with Crippen molar-refractivity contribution < 1.29 is 8.83 Å². The molecule has 0 radical (unpaired) electrons. The van der Waals surface area contributed by atoms with Gasteiger partial charge in [-0.1, -0.05) is 91.0 Å². The number of fused-ring (bicyclic) bond motifs is 17. The molecule has 0 bridgehead atoms. The molecule has 0 fully saturated rings. The van der Waals surface area contributed by atoms with Gasteiger partial charge in [0.15, 0.2) is 0 Å². The van der Waals surface area contributed by atoms with E-state index in [2.05, 4.69) is 114 Å². The Morgan fingerprint density at radius 2 is 1.09 bits per heavy atom. The van der Waals surface area contributed by atoms with Crippen molar-refractivity contribution in [1.29, 1.82) is 0 Å². The number of rotatable bonds is 1. The molecule has 0 saturated carbocycles. The molecule has 0 aliphatic heterocycles. The summed E-state index contributed by atoms with van der Waals surface area (Å²) in [6.45, 7) is 0. The Bertz CT molecular complexity index is 3050. The molecule has 4 heteroatoms. The van der Waals surface area contributed by atoms with Crippen molar-refractivity contribution >= 4 is 93.0 Å². The van der Waals surface area contributed by atoms with Crippen molar-refractivity contribution in [3.05, 3.63) is 133 Å². The Kier molecular flexibility index (Phi) is 4.29. The first-order chi connectivity index (χ1) is 22.3. The fraction of sp³-hybridized carbons (Fsp3) is 0. The quantitative estimate of drug-likeness (QED) is 0.183. The summed E-state index contributed by atoms with van der Waals surface area (Å²) in [5.74, 6) is 0. The van der Waals surface area contributed by atoms with Gasteiger partial charge in [-0.25, -0.2) is 4.98 Å². The van der Waals surface area contributed by atoms with Crippen LogP contribution >= 0.6 is 0 Å². The maximum atomic E-state index is 6.65. The number of para-hydroxylation sites is 3. The number of aromatic nitrogens is 2. The van der Waals surface area contributed by atoms with E-state index in [9.17, 15) is 0 Å². The molecule has 0 amide bonds. The molecule has 0 atom stereocenters. The fourth-order valence-electron chi connectivity index (χ4n) is 7.65. The Labute approximate surface area is 255 Å². The minimum absolute atomic E-state index is 0.864. The first kappa shape index (κ1) is 23.3. The molecule has 0 aliphatic rings. The monoisotopic (exact) mass is 574 g/mol. The highest BCUT2D eigenvalue weighted by atomic mass is 16.3. The van der Waals surface area contributed by atoms with Crippen LogP contribution in [0.15, 0.2) is 142 Å². The number of pyridine rings is 1. The van der Waals surface area contributed by atoms with Crippen molar-refractivity contribution in [3.8, 4) is 11.1 Å². The van der Waals surface area contributed by atoms with E-state index in [1.165, 1.54) is 21.5 Å². The highest BCUT2D eigenvalue weighted by molar-refractivity contribution is 6.32. The van der Waals surface area contributed by atoms with Gasteiger partial charge in [-0.05, 0) is 69.8 Å². The summed E-state index contributed by atoms with van der Waals surface area (Å²) in [6, 6.07) is 47.0. The first-order valence-corrected chi connectivity index (χ1v) is 15.2. The molecule has 45 heavy (non-hydrogen) atoms. The lowest BCUT2D eigenvalue weighted by molar-refractivity contribution is 0.663. The SMILES string of the molecule is c1ccc2c(c1)nc1c3ccccc3c3ccc(-c4cc5oc6ccc7oc8ccccc8c7c6c5c5ccccc45)cc3n21. The van der Waals surface area contributed by atoms with Crippen LogP contribution in [0.25, 0.3) is 104 Å². The van der Waals surface area contributed by atoms with Gasteiger partial charge in [0.1, 0.15) is 28.0 Å². The first-order valence-electron chi connectivity index (χ1n) is 15.2. The largest absolute Gasteiger partial charge is 0.456 e. The van der Waals surface area contributed by atoms with E-state index < -0.39 is 0 Å². The fourth-order valence-corrected chi connectivity index (χ4v) is 7.65. The summed E-state index contributed by atoms with van der Waals surface area (Å²) in [4.78, 5) is 5.09. The second kappa shape index (κ2) is 8.28. The van der Waals surface area contributed by atoms with Crippen LogP contribution in [-0.4, -0.2) is 9.38 Å². The lowest BCUT2D eigenvalue weighted by Crippen LogP contribution is -1.92. The lowest BCUT2D eigenvalue weighted by Gasteiger charge is -2.13. The Morgan fingerprint density at radius 1 is 0.422 bits per heavy atom. The average molecular weight is 575 g/mol. The summed E-state index contributed by atoms with van der Waals surface area (Å²) in [6.07, 6.45) is 0. The summed E-state index contributed by atoms with van der Waals surface area (Å²) in [7, 11) is 0. The number of benzene rings is 7. The second-order valence-electron chi connectivity index (χ2n) is 11.9. The van der Waals surface area contributed by atoms with Gasteiger partial charge in [-0.2, -0.15) is 0 Å². The molecule has 0 saturated heterocycles. The van der Waals surface area contributed by atoms with Crippen molar-refractivity contribution in [2.45, 2.75) is 0 Å². The maximum absolute atomic E-state index is 6.65. The van der Waals surface area contributed by atoms with E-state index >= 15 is 0 Å². The molecule has 11 aromatic rings. The van der Waals surface area contributed by atoms with Gasteiger partial charge in [-0.15, -0.1) is 0 Å². The van der Waals surface area contributed by atoms with E-state index in [1.807, 2.05) is 24.3 Å². The smallest absolute Gasteiger partial charge is 0.146 e. The van der Waals surface area contributed by atoms with Crippen LogP contribution in [0.1, 0.15) is 0 Å². The predicted octanol–water partition coefficient (Wildman–Crippen LogP) is 11.4. The van der Waals surface area contributed by atoms with Gasteiger partial charge < -0.3 is 8.83 Å². The molecule has 0 spiro atoms. The molecule has 0 aliphatic carbocycles. The number of nitrogens with zero attached hydrogens (tertiary/aromatic N) is 2. The van der Waals surface area contributed by atoms with Crippen LogP contribution in [0.3, 0.4) is 0 Å². The van der Waals surface area contributed by atoms with E-state index in [-0.39, 0.29) is 0 Å². The van der Waals surface area contributed by atoms with E-state index in [1.54, 1.807) is 0 Å². The minimum atomic E-state index is 0.864. The summed E-state index contributed by atoms with van der Waals surface area (Å²) >= 11 is 0. The van der Waals surface area contributed by atoms with Crippen LogP contribution in [0.5, 0.6) is 0 Å². The normalized spacial score (nSPS) is 12.4. The predicted molar refractivity (Wildman–Crippen MR) is 185 cm³/mol. The molecule has 208 valence electrons. The van der Waals surface area contributed by atoms with E-state index in [4.69, 9.17) is 13.8 Å². The summed E-state index contributed by atoms with van der Waals surface area (Å²) in [5.41, 5.74) is 9.97. The Balaban J connectivity index is 1.28. The number of furan rings is 2. The standard InChI is InChI=1S/C41H22N2O2/c1-3-11-27-25(10-1)30(22-37-38(27)40-36(45-37)20-19-35-39(40)29-13-5-8-16-34(29)44-35)23-17-18-26-24-9-2-4-12-28(24)41-42-31-14-6-7-15-32(31)43(41)33(26)21-23/h1-22H. The molecule has 4 heterocycles. The molecular weight excluding hydrogens is 552 g/mol. The molecule has 11 rings (SSSR count). The number of hydrogen-bond donors (Lipinski definition) is 0. The zero-order chi connectivity index (χ0) is 29.2. The topological polar surface area (TPSA) is 43.6 Å². The van der Waals surface area contributed by atoms with Crippen molar-refractivity contribution in [2.75, 3.05) is 0 Å².